The number of halogens is 2. The third kappa shape index (κ3) is 3.80. The number of aromatic nitrogens is 1. The van der Waals surface area contributed by atoms with Gasteiger partial charge in [0.2, 0.25) is 10.0 Å². The summed E-state index contributed by atoms with van der Waals surface area (Å²) in [6.45, 7) is -1.50. The molecule has 1 aromatic heterocycles. The second-order valence-corrected chi connectivity index (χ2v) is 8.56. The Balaban J connectivity index is 1.86. The summed E-state index contributed by atoms with van der Waals surface area (Å²) in [6.07, 6.45) is -0.0836. The minimum Gasteiger partial charge on any atom is -0.486 e. The number of nitrogens with zero attached hydrogens (tertiary/aromatic N) is 3. The van der Waals surface area contributed by atoms with E-state index < -0.39 is 40.7 Å². The van der Waals surface area contributed by atoms with Gasteiger partial charge < -0.3 is 14.9 Å². The lowest BCUT2D eigenvalue weighted by Gasteiger charge is -2.27. The number of hydrogen-bond donors (Lipinski definition) is 2. The number of benzene rings is 1. The molecule has 148 valence electrons. The molecular formula is C17H15ClFN3O5S. The van der Waals surface area contributed by atoms with E-state index >= 15 is 0 Å². The molecule has 0 unspecified atom stereocenters. The average molecular weight is 428 g/mol. The van der Waals surface area contributed by atoms with Crippen LogP contribution >= 0.6 is 11.6 Å². The summed E-state index contributed by atoms with van der Waals surface area (Å²) in [4.78, 5) is 3.60. The van der Waals surface area contributed by atoms with Gasteiger partial charge in [0.15, 0.2) is 0 Å². The lowest BCUT2D eigenvalue weighted by molar-refractivity contribution is -0.0641. The van der Waals surface area contributed by atoms with Crippen LogP contribution in [0.2, 0.25) is 5.15 Å². The van der Waals surface area contributed by atoms with Crippen molar-refractivity contribution >= 4 is 21.6 Å². The summed E-state index contributed by atoms with van der Waals surface area (Å²) in [5, 5.41) is 29.1. The zero-order valence-electron chi connectivity index (χ0n) is 14.3. The lowest BCUT2D eigenvalue weighted by atomic mass is 10.0. The van der Waals surface area contributed by atoms with Gasteiger partial charge in [-0.3, -0.25) is 0 Å². The largest absolute Gasteiger partial charge is 0.486 e. The van der Waals surface area contributed by atoms with Crippen LogP contribution in [-0.4, -0.2) is 59.3 Å². The quantitative estimate of drug-likeness (QED) is 0.680. The van der Waals surface area contributed by atoms with Crippen LogP contribution in [0.1, 0.15) is 5.56 Å². The first-order chi connectivity index (χ1) is 13.2. The summed E-state index contributed by atoms with van der Waals surface area (Å²) in [5.41, 5.74) is -2.09. The normalized spacial score (nSPS) is 22.8. The van der Waals surface area contributed by atoms with Crippen LogP contribution in [0, 0.1) is 17.1 Å². The van der Waals surface area contributed by atoms with Crippen molar-refractivity contribution in [3.05, 3.63) is 53.1 Å². The van der Waals surface area contributed by atoms with Gasteiger partial charge in [-0.15, -0.1) is 0 Å². The predicted molar refractivity (Wildman–Crippen MR) is 95.6 cm³/mol. The van der Waals surface area contributed by atoms with Gasteiger partial charge in [0.05, 0.1) is 18.7 Å². The molecule has 11 heteroatoms. The third-order valence-electron chi connectivity index (χ3n) is 4.37. The Labute approximate surface area is 165 Å². The maximum absolute atomic E-state index is 13.8. The summed E-state index contributed by atoms with van der Waals surface area (Å²) in [7, 11) is -4.04. The van der Waals surface area contributed by atoms with Crippen molar-refractivity contribution in [2.45, 2.75) is 16.6 Å². The van der Waals surface area contributed by atoms with E-state index in [1.54, 1.807) is 6.07 Å². The number of β-amino-alcohol motifs (C(OH)–C–C–N with tert-alkyl or cyclic N) is 1. The smallest absolute Gasteiger partial charge is 0.244 e. The molecule has 2 N–H and O–H groups in total. The fourth-order valence-electron chi connectivity index (χ4n) is 2.80. The van der Waals surface area contributed by atoms with Crippen molar-refractivity contribution in [1.29, 1.82) is 5.26 Å². The molecule has 2 atom stereocenters. The van der Waals surface area contributed by atoms with Crippen LogP contribution in [0.3, 0.4) is 0 Å². The molecule has 0 saturated carbocycles. The molecule has 1 aliphatic heterocycles. The highest BCUT2D eigenvalue weighted by Crippen LogP contribution is 2.31. The molecule has 0 amide bonds. The van der Waals surface area contributed by atoms with E-state index in [0.29, 0.717) is 0 Å². The highest BCUT2D eigenvalue weighted by molar-refractivity contribution is 7.89. The van der Waals surface area contributed by atoms with Gasteiger partial charge in [-0.2, -0.15) is 9.57 Å². The van der Waals surface area contributed by atoms with Gasteiger partial charge in [0, 0.05) is 18.8 Å². The van der Waals surface area contributed by atoms with Gasteiger partial charge in [0.25, 0.3) is 0 Å². The van der Waals surface area contributed by atoms with Gasteiger partial charge >= 0.3 is 0 Å². The topological polar surface area (TPSA) is 124 Å². The number of sulfonamides is 1. The fourth-order valence-corrected chi connectivity index (χ4v) is 4.36. The molecule has 0 aliphatic carbocycles. The van der Waals surface area contributed by atoms with Crippen LogP contribution in [0.15, 0.2) is 41.4 Å². The van der Waals surface area contributed by atoms with Crippen LogP contribution in [0.5, 0.6) is 5.75 Å². The second kappa shape index (κ2) is 7.62. The van der Waals surface area contributed by atoms with Gasteiger partial charge in [-0.05, 0) is 24.3 Å². The number of rotatable bonds is 5. The summed E-state index contributed by atoms with van der Waals surface area (Å²) in [5.74, 6) is -0.831. The summed E-state index contributed by atoms with van der Waals surface area (Å²) < 4.78 is 45.8. The molecular weight excluding hydrogens is 413 g/mol. The number of pyridine rings is 1. The van der Waals surface area contributed by atoms with Crippen LogP contribution < -0.4 is 4.74 Å². The first-order valence-corrected chi connectivity index (χ1v) is 9.82. The fraction of sp³-hybridized carbons (Fsp3) is 0.294. The molecule has 1 fully saturated rings. The molecule has 0 bridgehead atoms. The van der Waals surface area contributed by atoms with E-state index in [2.05, 4.69) is 4.98 Å². The van der Waals surface area contributed by atoms with E-state index in [1.165, 1.54) is 24.3 Å². The maximum atomic E-state index is 13.8. The van der Waals surface area contributed by atoms with E-state index in [0.717, 1.165) is 16.6 Å². The number of nitriles is 1. The highest BCUT2D eigenvalue weighted by Gasteiger charge is 2.50. The minimum atomic E-state index is -4.04. The highest BCUT2D eigenvalue weighted by atomic mass is 35.5. The second-order valence-electron chi connectivity index (χ2n) is 6.24. The van der Waals surface area contributed by atoms with Crippen molar-refractivity contribution < 1.29 is 27.8 Å². The van der Waals surface area contributed by atoms with Crippen molar-refractivity contribution in [1.82, 2.24) is 9.29 Å². The zero-order chi connectivity index (χ0) is 20.5. The molecule has 1 aromatic carbocycles. The van der Waals surface area contributed by atoms with Gasteiger partial charge in [0.1, 0.15) is 39.4 Å². The Hall–Kier alpha value is -2.29. The third-order valence-corrected chi connectivity index (χ3v) is 6.39. The first kappa shape index (κ1) is 20.4. The standard InChI is InChI=1S/C17H15ClFN3O5S/c18-16-4-3-13(7-21-16)28(25,26)22-8-15(17(24,9-22)10-23)27-12-2-1-11(6-20)14(19)5-12/h1-5,7,15,23-24H,8-10H2/t15-,17+/m0/s1. The zero-order valence-corrected chi connectivity index (χ0v) is 15.9. The Kier molecular flexibility index (Phi) is 5.56. The Morgan fingerprint density at radius 3 is 2.75 bits per heavy atom. The SMILES string of the molecule is N#Cc1ccc(O[C@H]2CN(S(=O)(=O)c3ccc(Cl)nc3)C[C@@]2(O)CO)cc1F. The Morgan fingerprint density at radius 2 is 2.18 bits per heavy atom. The number of hydrogen-bond acceptors (Lipinski definition) is 7. The molecule has 1 saturated heterocycles. The minimum absolute atomic E-state index is 0.0132. The van der Waals surface area contributed by atoms with Crippen molar-refractivity contribution in [2.75, 3.05) is 19.7 Å². The Bertz CT molecular complexity index is 1030. The van der Waals surface area contributed by atoms with Gasteiger partial charge in [-0.1, -0.05) is 11.6 Å². The van der Waals surface area contributed by atoms with Crippen molar-refractivity contribution in [2.24, 2.45) is 0 Å². The monoisotopic (exact) mass is 427 g/mol. The lowest BCUT2D eigenvalue weighted by Crippen LogP contribution is -2.48. The first-order valence-electron chi connectivity index (χ1n) is 8.01. The molecule has 28 heavy (non-hydrogen) atoms. The van der Waals surface area contributed by atoms with Crippen molar-refractivity contribution in [3.63, 3.8) is 0 Å². The average Bonchev–Trinajstić information content (AvgIpc) is 3.00. The van der Waals surface area contributed by atoms with Crippen LogP contribution in [0.25, 0.3) is 0 Å². The van der Waals surface area contributed by atoms with E-state index in [-0.39, 0.29) is 27.9 Å². The number of aliphatic hydroxyl groups excluding tert-OH is 1. The summed E-state index contributed by atoms with van der Waals surface area (Å²) in [6, 6.07) is 7.73. The number of aliphatic hydroxyl groups is 2. The predicted octanol–water partition coefficient (Wildman–Crippen LogP) is 0.921. The molecule has 3 rings (SSSR count). The molecule has 1 aliphatic rings. The molecule has 0 spiro atoms. The Morgan fingerprint density at radius 1 is 1.43 bits per heavy atom. The molecule has 8 nitrogen and oxygen atoms in total. The van der Waals surface area contributed by atoms with E-state index in [1.807, 2.05) is 0 Å². The molecule has 0 radical (unpaired) electrons. The summed E-state index contributed by atoms with van der Waals surface area (Å²) >= 11 is 5.67. The van der Waals surface area contributed by atoms with E-state index in [9.17, 15) is 23.0 Å². The van der Waals surface area contributed by atoms with Crippen LogP contribution in [-0.2, 0) is 10.0 Å². The van der Waals surface area contributed by atoms with Crippen LogP contribution in [0.4, 0.5) is 4.39 Å². The van der Waals surface area contributed by atoms with E-state index in [4.69, 9.17) is 21.6 Å². The molecule has 2 heterocycles. The molecule has 2 aromatic rings. The maximum Gasteiger partial charge on any atom is 0.244 e. The van der Waals surface area contributed by atoms with Crippen molar-refractivity contribution in [3.8, 4) is 11.8 Å². The number of ether oxygens (including phenoxy) is 1. The van der Waals surface area contributed by atoms with Gasteiger partial charge in [-0.25, -0.2) is 17.8 Å².